The van der Waals surface area contributed by atoms with Crippen molar-refractivity contribution >= 4 is 16.7 Å². The zero-order valence-corrected chi connectivity index (χ0v) is 12.3. The second kappa shape index (κ2) is 6.22. The van der Waals surface area contributed by atoms with Crippen molar-refractivity contribution in [1.82, 2.24) is 10.3 Å². The normalized spacial score (nSPS) is 16.0. The van der Waals surface area contributed by atoms with Gasteiger partial charge in [0, 0.05) is 23.1 Å². The Morgan fingerprint density at radius 3 is 2.90 bits per heavy atom. The molecule has 1 aromatic heterocycles. The molecule has 21 heavy (non-hydrogen) atoms. The Balaban J connectivity index is 2.02. The van der Waals surface area contributed by atoms with Gasteiger partial charge in [-0.2, -0.15) is 0 Å². The molecule has 4 heteroatoms. The van der Waals surface area contributed by atoms with Crippen molar-refractivity contribution in [3.05, 3.63) is 36.0 Å². The molecule has 0 unspecified atom stereocenters. The number of nitrogens with one attached hydrogen (secondary N) is 1. The van der Waals surface area contributed by atoms with E-state index in [0.717, 1.165) is 48.1 Å². The molecular weight excluding hydrogens is 264 g/mol. The predicted molar refractivity (Wildman–Crippen MR) is 82.8 cm³/mol. The van der Waals surface area contributed by atoms with Crippen molar-refractivity contribution < 1.29 is 9.53 Å². The van der Waals surface area contributed by atoms with Gasteiger partial charge in [-0.3, -0.25) is 9.78 Å². The van der Waals surface area contributed by atoms with Crippen molar-refractivity contribution in [3.8, 4) is 5.75 Å². The lowest BCUT2D eigenvalue weighted by molar-refractivity contribution is 0.0897. The SMILES string of the molecule is CCOc1ccc(C(=O)C2CCNCC2)c2cccnc12. The fraction of sp³-hybridized carbons (Fsp3) is 0.412. The van der Waals surface area contributed by atoms with E-state index in [-0.39, 0.29) is 11.7 Å². The maximum Gasteiger partial charge on any atom is 0.166 e. The largest absolute Gasteiger partial charge is 0.492 e. The number of pyridine rings is 1. The number of aromatic nitrogens is 1. The number of benzene rings is 1. The van der Waals surface area contributed by atoms with Gasteiger partial charge in [-0.05, 0) is 51.1 Å². The van der Waals surface area contributed by atoms with E-state index >= 15 is 0 Å². The number of carbonyl (C=O) groups excluding carboxylic acids is 1. The summed E-state index contributed by atoms with van der Waals surface area (Å²) < 4.78 is 5.62. The zero-order chi connectivity index (χ0) is 14.7. The minimum absolute atomic E-state index is 0.118. The van der Waals surface area contributed by atoms with Crippen LogP contribution in [0.4, 0.5) is 0 Å². The molecule has 2 aromatic rings. The van der Waals surface area contributed by atoms with E-state index in [4.69, 9.17) is 4.74 Å². The van der Waals surface area contributed by atoms with Gasteiger partial charge in [-0.1, -0.05) is 6.07 Å². The van der Waals surface area contributed by atoms with Gasteiger partial charge in [-0.25, -0.2) is 0 Å². The van der Waals surface area contributed by atoms with Crippen LogP contribution in [0.5, 0.6) is 5.75 Å². The van der Waals surface area contributed by atoms with Crippen molar-refractivity contribution in [3.63, 3.8) is 0 Å². The molecule has 1 fully saturated rings. The second-order valence-corrected chi connectivity index (χ2v) is 5.33. The van der Waals surface area contributed by atoms with E-state index in [9.17, 15) is 4.79 Å². The average Bonchev–Trinajstić information content (AvgIpc) is 2.56. The van der Waals surface area contributed by atoms with Crippen LogP contribution in [-0.2, 0) is 0 Å². The molecule has 0 atom stereocenters. The van der Waals surface area contributed by atoms with Crippen LogP contribution in [-0.4, -0.2) is 30.5 Å². The van der Waals surface area contributed by atoms with E-state index in [1.807, 2.05) is 31.2 Å². The summed E-state index contributed by atoms with van der Waals surface area (Å²) in [6.45, 7) is 4.38. The van der Waals surface area contributed by atoms with Gasteiger partial charge in [0.25, 0.3) is 0 Å². The van der Waals surface area contributed by atoms with Crippen LogP contribution in [0.2, 0.25) is 0 Å². The van der Waals surface area contributed by atoms with Gasteiger partial charge < -0.3 is 10.1 Å². The van der Waals surface area contributed by atoms with Crippen LogP contribution < -0.4 is 10.1 Å². The van der Waals surface area contributed by atoms with Crippen LogP contribution in [0.1, 0.15) is 30.1 Å². The predicted octanol–water partition coefficient (Wildman–Crippen LogP) is 2.82. The molecule has 3 rings (SSSR count). The quantitative estimate of drug-likeness (QED) is 0.877. The van der Waals surface area contributed by atoms with Crippen LogP contribution in [0.3, 0.4) is 0 Å². The molecule has 0 amide bonds. The monoisotopic (exact) mass is 284 g/mol. The summed E-state index contributed by atoms with van der Waals surface area (Å²) in [5.74, 6) is 1.10. The Bertz CT molecular complexity index is 648. The maximum absolute atomic E-state index is 12.8. The molecule has 1 aliphatic heterocycles. The second-order valence-electron chi connectivity index (χ2n) is 5.33. The summed E-state index contributed by atoms with van der Waals surface area (Å²) in [6, 6.07) is 7.59. The van der Waals surface area contributed by atoms with E-state index in [0.29, 0.717) is 6.61 Å². The summed E-state index contributed by atoms with van der Waals surface area (Å²) >= 11 is 0. The molecule has 0 radical (unpaired) electrons. The fourth-order valence-corrected chi connectivity index (χ4v) is 2.94. The first kappa shape index (κ1) is 14.0. The number of piperidine rings is 1. The number of rotatable bonds is 4. The number of Topliss-reactive ketones (excluding diaryl/α,β-unsaturated/α-hetero) is 1. The summed E-state index contributed by atoms with van der Waals surface area (Å²) in [4.78, 5) is 17.2. The average molecular weight is 284 g/mol. The number of hydrogen-bond acceptors (Lipinski definition) is 4. The Morgan fingerprint density at radius 1 is 1.33 bits per heavy atom. The van der Waals surface area contributed by atoms with Crippen molar-refractivity contribution in [2.45, 2.75) is 19.8 Å². The number of ketones is 1. The van der Waals surface area contributed by atoms with Gasteiger partial charge >= 0.3 is 0 Å². The highest BCUT2D eigenvalue weighted by Crippen LogP contribution is 2.29. The van der Waals surface area contributed by atoms with Crippen molar-refractivity contribution in [2.75, 3.05) is 19.7 Å². The Labute approximate surface area is 124 Å². The summed E-state index contributed by atoms with van der Waals surface area (Å²) in [7, 11) is 0. The Hall–Kier alpha value is -1.94. The molecule has 1 N–H and O–H groups in total. The summed E-state index contributed by atoms with van der Waals surface area (Å²) in [5.41, 5.74) is 1.55. The molecule has 4 nitrogen and oxygen atoms in total. The maximum atomic E-state index is 12.8. The molecule has 1 aromatic carbocycles. The minimum Gasteiger partial charge on any atom is -0.492 e. The van der Waals surface area contributed by atoms with Gasteiger partial charge in [0.15, 0.2) is 5.78 Å². The zero-order valence-electron chi connectivity index (χ0n) is 12.3. The summed E-state index contributed by atoms with van der Waals surface area (Å²) in [6.07, 6.45) is 3.56. The summed E-state index contributed by atoms with van der Waals surface area (Å²) in [5, 5.41) is 4.19. The van der Waals surface area contributed by atoms with Crippen molar-refractivity contribution in [2.24, 2.45) is 5.92 Å². The lowest BCUT2D eigenvalue weighted by Gasteiger charge is -2.22. The number of hydrogen-bond donors (Lipinski definition) is 1. The highest BCUT2D eigenvalue weighted by Gasteiger charge is 2.24. The molecule has 110 valence electrons. The number of ether oxygens (including phenoxy) is 1. The van der Waals surface area contributed by atoms with Crippen LogP contribution >= 0.6 is 0 Å². The van der Waals surface area contributed by atoms with Gasteiger partial charge in [-0.15, -0.1) is 0 Å². The van der Waals surface area contributed by atoms with Gasteiger partial charge in [0.1, 0.15) is 11.3 Å². The number of nitrogens with zero attached hydrogens (tertiary/aromatic N) is 1. The first-order valence-electron chi connectivity index (χ1n) is 7.56. The van der Waals surface area contributed by atoms with Gasteiger partial charge in [0.2, 0.25) is 0 Å². The first-order valence-corrected chi connectivity index (χ1v) is 7.56. The molecule has 0 bridgehead atoms. The van der Waals surface area contributed by atoms with E-state index < -0.39 is 0 Å². The van der Waals surface area contributed by atoms with E-state index in [1.54, 1.807) is 6.20 Å². The third-order valence-corrected chi connectivity index (χ3v) is 4.01. The van der Waals surface area contributed by atoms with Crippen LogP contribution in [0.15, 0.2) is 30.5 Å². The standard InChI is InChI=1S/C17H20N2O2/c1-2-21-15-6-5-14(13-4-3-9-19-16(13)15)17(20)12-7-10-18-11-8-12/h3-6,9,12,18H,2,7-8,10-11H2,1H3. The minimum atomic E-state index is 0.118. The third-order valence-electron chi connectivity index (χ3n) is 4.01. The molecular formula is C17H20N2O2. The lowest BCUT2D eigenvalue weighted by atomic mass is 9.88. The first-order chi connectivity index (χ1) is 10.3. The molecule has 0 spiro atoms. The molecule has 2 heterocycles. The number of fused-ring (bicyclic) bond motifs is 1. The highest BCUT2D eigenvalue weighted by molar-refractivity contribution is 6.09. The van der Waals surface area contributed by atoms with Gasteiger partial charge in [0.05, 0.1) is 6.61 Å². The van der Waals surface area contributed by atoms with E-state index in [2.05, 4.69) is 10.3 Å². The van der Waals surface area contributed by atoms with Crippen LogP contribution in [0.25, 0.3) is 10.9 Å². The van der Waals surface area contributed by atoms with Crippen molar-refractivity contribution in [1.29, 1.82) is 0 Å². The topological polar surface area (TPSA) is 51.2 Å². The highest BCUT2D eigenvalue weighted by atomic mass is 16.5. The van der Waals surface area contributed by atoms with Crippen LogP contribution in [0, 0.1) is 5.92 Å². The smallest absolute Gasteiger partial charge is 0.166 e. The lowest BCUT2D eigenvalue weighted by Crippen LogP contribution is -2.32. The Kier molecular flexibility index (Phi) is 4.15. The molecule has 0 aliphatic carbocycles. The fourth-order valence-electron chi connectivity index (χ4n) is 2.94. The van der Waals surface area contributed by atoms with E-state index in [1.165, 1.54) is 0 Å². The molecule has 1 aliphatic rings. The molecule has 1 saturated heterocycles. The Morgan fingerprint density at radius 2 is 2.14 bits per heavy atom. The number of carbonyl (C=O) groups is 1. The molecule has 0 saturated carbocycles. The third kappa shape index (κ3) is 2.76.